The minimum Gasteiger partial charge on any atom is -0.491 e. The average Bonchev–Trinajstić information content (AvgIpc) is 2.94. The zero-order chi connectivity index (χ0) is 29.1. The molecule has 3 rings (SSSR count). The fourth-order valence-electron chi connectivity index (χ4n) is 4.21. The van der Waals surface area contributed by atoms with Gasteiger partial charge in [-0.1, -0.05) is 92.5 Å². The highest BCUT2D eigenvalue weighted by Gasteiger charge is 2.30. The molecule has 0 fully saturated rings. The third kappa shape index (κ3) is 9.10. The van der Waals surface area contributed by atoms with Gasteiger partial charge in [-0.15, -0.1) is 0 Å². The maximum absolute atomic E-state index is 13.5. The first-order valence-electron chi connectivity index (χ1n) is 13.3. The van der Waals surface area contributed by atoms with Crippen LogP contribution in [0.25, 0.3) is 0 Å². The van der Waals surface area contributed by atoms with Crippen LogP contribution in [0, 0.1) is 5.92 Å². The van der Waals surface area contributed by atoms with Gasteiger partial charge in [-0.2, -0.15) is 0 Å². The van der Waals surface area contributed by atoms with E-state index in [0.717, 1.165) is 11.1 Å². The van der Waals surface area contributed by atoms with Crippen molar-refractivity contribution in [3.63, 3.8) is 0 Å². The Morgan fingerprint density at radius 2 is 1.52 bits per heavy atom. The van der Waals surface area contributed by atoms with E-state index in [2.05, 4.69) is 10.6 Å². The summed E-state index contributed by atoms with van der Waals surface area (Å²) in [7, 11) is 0. The molecule has 3 aromatic rings. The molecule has 9 heteroatoms. The number of amides is 2. The fourth-order valence-corrected chi connectivity index (χ4v) is 4.37. The van der Waals surface area contributed by atoms with E-state index in [0.29, 0.717) is 17.9 Å². The van der Waals surface area contributed by atoms with Gasteiger partial charge in [-0.05, 0) is 41.7 Å². The molecule has 4 atom stereocenters. The summed E-state index contributed by atoms with van der Waals surface area (Å²) in [6, 6.07) is 21.1. The number of rotatable bonds is 14. The highest BCUT2D eigenvalue weighted by molar-refractivity contribution is 6.30. The molecule has 0 saturated heterocycles. The minimum atomic E-state index is -1.13. The number of ether oxygens (including phenoxy) is 1. The summed E-state index contributed by atoms with van der Waals surface area (Å²) in [5, 5.41) is 15.4. The molecule has 0 spiro atoms. The summed E-state index contributed by atoms with van der Waals surface area (Å²) in [4.78, 5) is 38.6. The van der Waals surface area contributed by atoms with E-state index in [1.165, 1.54) is 12.1 Å². The minimum absolute atomic E-state index is 0.138. The molecule has 8 nitrogen and oxygen atoms in total. The predicted octanol–water partition coefficient (Wildman–Crippen LogP) is 4.25. The van der Waals surface area contributed by atoms with Crippen molar-refractivity contribution >= 4 is 29.4 Å². The van der Waals surface area contributed by atoms with Crippen molar-refractivity contribution in [3.8, 4) is 5.75 Å². The lowest BCUT2D eigenvalue weighted by molar-refractivity contribution is -0.143. The van der Waals surface area contributed by atoms with E-state index < -0.39 is 29.9 Å². The number of halogens is 1. The molecular weight excluding hydrogens is 530 g/mol. The Morgan fingerprint density at radius 3 is 2.10 bits per heavy atom. The fraction of sp³-hybridized carbons (Fsp3) is 0.323. The Bertz CT molecular complexity index is 1270. The molecule has 0 saturated carbocycles. The molecule has 0 aliphatic carbocycles. The van der Waals surface area contributed by atoms with Crippen LogP contribution in [0.1, 0.15) is 41.8 Å². The Morgan fingerprint density at radius 1 is 0.925 bits per heavy atom. The van der Waals surface area contributed by atoms with Gasteiger partial charge in [0.25, 0.3) is 5.91 Å². The zero-order valence-electron chi connectivity index (χ0n) is 22.7. The Labute approximate surface area is 239 Å². The van der Waals surface area contributed by atoms with Gasteiger partial charge < -0.3 is 26.2 Å². The first-order valence-corrected chi connectivity index (χ1v) is 13.7. The SMILES string of the molecule is CC[C@H](C)[C@H](NC(=O)[C@H](Cc1ccccc1)NC(=O)c1ccc(Cl)cc1OC[C@@H](N)Cc1ccccc1)C(=O)O. The van der Waals surface area contributed by atoms with Gasteiger partial charge in [0.05, 0.1) is 5.56 Å². The standard InChI is InChI=1S/C31H36ClN3O5/c1-3-20(2)28(31(38)39)35-30(37)26(17-22-12-8-5-9-13-22)34-29(36)25-15-14-23(32)18-27(25)40-19-24(33)16-21-10-6-4-7-11-21/h4-15,18,20,24,26,28H,3,16-17,19,33H2,1-2H3,(H,34,36)(H,35,37)(H,38,39)/t20-,24-,26-,28-/m0/s1. The van der Waals surface area contributed by atoms with E-state index in [1.807, 2.05) is 67.6 Å². The first kappa shape index (κ1) is 30.7. The topological polar surface area (TPSA) is 131 Å². The Balaban J connectivity index is 1.78. The highest BCUT2D eigenvalue weighted by Crippen LogP contribution is 2.24. The molecular formula is C31H36ClN3O5. The number of hydrogen-bond donors (Lipinski definition) is 4. The number of carbonyl (C=O) groups excluding carboxylic acids is 2. The maximum Gasteiger partial charge on any atom is 0.326 e. The third-order valence-electron chi connectivity index (χ3n) is 6.66. The van der Waals surface area contributed by atoms with Gasteiger partial charge >= 0.3 is 5.97 Å². The molecule has 0 aliphatic rings. The van der Waals surface area contributed by atoms with E-state index in [4.69, 9.17) is 22.1 Å². The van der Waals surface area contributed by atoms with E-state index in [-0.39, 0.29) is 36.3 Å². The maximum atomic E-state index is 13.5. The van der Waals surface area contributed by atoms with Gasteiger partial charge in [0.1, 0.15) is 24.4 Å². The second kappa shape index (κ2) is 15.1. The molecule has 212 valence electrons. The normalized spacial score (nSPS) is 13.9. The number of carboxylic acid groups (broad SMARTS) is 1. The van der Waals surface area contributed by atoms with Crippen molar-refractivity contribution in [1.29, 1.82) is 0 Å². The largest absolute Gasteiger partial charge is 0.491 e. The number of aliphatic carboxylic acids is 1. The molecule has 0 aliphatic heterocycles. The second-order valence-electron chi connectivity index (χ2n) is 9.83. The molecule has 0 radical (unpaired) electrons. The van der Waals surface area contributed by atoms with Crippen LogP contribution in [-0.2, 0) is 22.4 Å². The smallest absolute Gasteiger partial charge is 0.326 e. The Hall–Kier alpha value is -3.88. The van der Waals surface area contributed by atoms with E-state index in [1.54, 1.807) is 13.0 Å². The van der Waals surface area contributed by atoms with Crippen LogP contribution in [-0.4, -0.2) is 47.6 Å². The van der Waals surface area contributed by atoms with Crippen LogP contribution in [0.4, 0.5) is 0 Å². The Kier molecular flexibility index (Phi) is 11.5. The summed E-state index contributed by atoms with van der Waals surface area (Å²) >= 11 is 6.20. The summed E-state index contributed by atoms with van der Waals surface area (Å²) in [5.41, 5.74) is 8.32. The number of nitrogens with one attached hydrogen (secondary N) is 2. The lowest BCUT2D eigenvalue weighted by atomic mass is 9.98. The molecule has 40 heavy (non-hydrogen) atoms. The van der Waals surface area contributed by atoms with Crippen molar-refractivity contribution in [2.75, 3.05) is 6.61 Å². The van der Waals surface area contributed by atoms with Crippen LogP contribution in [0.15, 0.2) is 78.9 Å². The predicted molar refractivity (Wildman–Crippen MR) is 155 cm³/mol. The molecule has 0 bridgehead atoms. The van der Waals surface area contributed by atoms with Crippen LogP contribution in [0.3, 0.4) is 0 Å². The van der Waals surface area contributed by atoms with E-state index >= 15 is 0 Å². The van der Waals surface area contributed by atoms with Crippen molar-refractivity contribution < 1.29 is 24.2 Å². The van der Waals surface area contributed by atoms with Crippen LogP contribution < -0.4 is 21.1 Å². The van der Waals surface area contributed by atoms with Crippen LogP contribution >= 0.6 is 11.6 Å². The number of carbonyl (C=O) groups is 3. The van der Waals surface area contributed by atoms with Crippen LogP contribution in [0.2, 0.25) is 5.02 Å². The van der Waals surface area contributed by atoms with Crippen molar-refractivity contribution in [2.24, 2.45) is 11.7 Å². The van der Waals surface area contributed by atoms with Crippen molar-refractivity contribution in [2.45, 2.75) is 51.2 Å². The lowest BCUT2D eigenvalue weighted by Crippen LogP contribution is -2.54. The molecule has 3 aromatic carbocycles. The molecule has 2 amide bonds. The zero-order valence-corrected chi connectivity index (χ0v) is 23.4. The third-order valence-corrected chi connectivity index (χ3v) is 6.90. The average molecular weight is 566 g/mol. The number of carboxylic acids is 1. The number of hydrogen-bond acceptors (Lipinski definition) is 5. The van der Waals surface area contributed by atoms with Crippen molar-refractivity contribution in [3.05, 3.63) is 101 Å². The quantitative estimate of drug-likeness (QED) is 0.231. The van der Waals surface area contributed by atoms with Gasteiger partial charge in [0.2, 0.25) is 5.91 Å². The van der Waals surface area contributed by atoms with Gasteiger partial charge in [0, 0.05) is 17.5 Å². The molecule has 0 aromatic heterocycles. The summed E-state index contributed by atoms with van der Waals surface area (Å²) < 4.78 is 5.93. The summed E-state index contributed by atoms with van der Waals surface area (Å²) in [6.07, 6.45) is 1.31. The van der Waals surface area contributed by atoms with Gasteiger partial charge in [-0.3, -0.25) is 9.59 Å². The summed E-state index contributed by atoms with van der Waals surface area (Å²) in [6.45, 7) is 3.74. The van der Waals surface area contributed by atoms with Crippen LogP contribution in [0.5, 0.6) is 5.75 Å². The van der Waals surface area contributed by atoms with Crippen molar-refractivity contribution in [1.82, 2.24) is 10.6 Å². The first-order chi connectivity index (χ1) is 19.2. The monoisotopic (exact) mass is 565 g/mol. The summed E-state index contributed by atoms with van der Waals surface area (Å²) in [5.74, 6) is -2.35. The van der Waals surface area contributed by atoms with Gasteiger partial charge in [0.15, 0.2) is 0 Å². The van der Waals surface area contributed by atoms with E-state index in [9.17, 15) is 19.5 Å². The lowest BCUT2D eigenvalue weighted by Gasteiger charge is -2.25. The molecule has 0 unspecified atom stereocenters. The number of nitrogens with two attached hydrogens (primary N) is 1. The highest BCUT2D eigenvalue weighted by atomic mass is 35.5. The second-order valence-corrected chi connectivity index (χ2v) is 10.3. The number of benzene rings is 3. The molecule has 0 heterocycles. The molecule has 5 N–H and O–H groups in total. The van der Waals surface area contributed by atoms with Gasteiger partial charge in [-0.25, -0.2) is 4.79 Å².